The Bertz CT molecular complexity index is 827. The third kappa shape index (κ3) is 3.65. The second kappa shape index (κ2) is 7.02. The number of nitrogens with two attached hydrogens (primary N) is 1. The molecule has 3 heterocycles. The van der Waals surface area contributed by atoms with Crippen molar-refractivity contribution in [1.82, 2.24) is 14.8 Å². The first-order chi connectivity index (χ1) is 13.0. The van der Waals surface area contributed by atoms with Crippen molar-refractivity contribution in [2.24, 2.45) is 5.41 Å². The first-order valence-corrected chi connectivity index (χ1v) is 9.37. The van der Waals surface area contributed by atoms with Crippen LogP contribution >= 0.6 is 0 Å². The minimum absolute atomic E-state index is 0.00199. The lowest BCUT2D eigenvalue weighted by atomic mass is 9.77. The van der Waals surface area contributed by atoms with E-state index in [9.17, 15) is 9.59 Å². The molecule has 6 heteroatoms. The normalized spacial score (nSPS) is 18.9. The maximum absolute atomic E-state index is 12.7. The quantitative estimate of drug-likeness (QED) is 0.906. The summed E-state index contributed by atoms with van der Waals surface area (Å²) in [7, 11) is 0. The number of piperidine rings is 1. The molecule has 2 fully saturated rings. The Balaban J connectivity index is 1.37. The molecule has 6 nitrogen and oxygen atoms in total. The number of hydrogen-bond acceptors (Lipinski definition) is 4. The Morgan fingerprint density at radius 1 is 1.11 bits per heavy atom. The summed E-state index contributed by atoms with van der Waals surface area (Å²) in [5, 5.41) is 0. The minimum atomic E-state index is -0.0113. The fraction of sp³-hybridized carbons (Fsp3) is 0.381. The lowest BCUT2D eigenvalue weighted by molar-refractivity contribution is -0.128. The van der Waals surface area contributed by atoms with Crippen LogP contribution in [0.5, 0.6) is 0 Å². The average Bonchev–Trinajstić information content (AvgIpc) is 2.98. The van der Waals surface area contributed by atoms with Gasteiger partial charge in [0.1, 0.15) is 5.82 Å². The van der Waals surface area contributed by atoms with Crippen LogP contribution in [0.25, 0.3) is 0 Å². The Hall–Kier alpha value is -2.89. The molecule has 0 bridgehead atoms. The SMILES string of the molecule is Nc1ccc(C(=O)N2CCC3(CC2)CC(=O)N(Cc2ccccc2)C3)cn1. The average molecular weight is 364 g/mol. The van der Waals surface area contributed by atoms with Crippen molar-refractivity contribution in [2.75, 3.05) is 25.4 Å². The number of hydrogen-bond donors (Lipinski definition) is 1. The highest BCUT2D eigenvalue weighted by Gasteiger charge is 2.45. The van der Waals surface area contributed by atoms with Crippen LogP contribution in [0.4, 0.5) is 5.82 Å². The maximum Gasteiger partial charge on any atom is 0.255 e. The zero-order valence-electron chi connectivity index (χ0n) is 15.3. The van der Waals surface area contributed by atoms with E-state index in [0.29, 0.717) is 37.4 Å². The first-order valence-electron chi connectivity index (χ1n) is 9.37. The molecule has 1 aromatic heterocycles. The number of pyridine rings is 1. The molecule has 0 radical (unpaired) electrons. The van der Waals surface area contributed by atoms with Crippen molar-refractivity contribution >= 4 is 17.6 Å². The van der Waals surface area contributed by atoms with Gasteiger partial charge in [-0.2, -0.15) is 0 Å². The molecule has 27 heavy (non-hydrogen) atoms. The number of nitrogens with zero attached hydrogens (tertiary/aromatic N) is 3. The van der Waals surface area contributed by atoms with Gasteiger partial charge in [-0.15, -0.1) is 0 Å². The van der Waals surface area contributed by atoms with Crippen LogP contribution < -0.4 is 5.73 Å². The van der Waals surface area contributed by atoms with Crippen molar-refractivity contribution < 1.29 is 9.59 Å². The van der Waals surface area contributed by atoms with Crippen molar-refractivity contribution in [1.29, 1.82) is 0 Å². The molecule has 2 aliphatic heterocycles. The van der Waals surface area contributed by atoms with E-state index in [1.54, 1.807) is 12.1 Å². The Kier molecular flexibility index (Phi) is 4.56. The molecule has 2 aromatic rings. The zero-order chi connectivity index (χ0) is 18.9. The molecular formula is C21H24N4O2. The van der Waals surface area contributed by atoms with Crippen LogP contribution in [0.1, 0.15) is 35.2 Å². The van der Waals surface area contributed by atoms with E-state index in [1.807, 2.05) is 28.0 Å². The summed E-state index contributed by atoms with van der Waals surface area (Å²) in [5.74, 6) is 0.622. The number of rotatable bonds is 3. The van der Waals surface area contributed by atoms with E-state index in [4.69, 9.17) is 5.73 Å². The Morgan fingerprint density at radius 3 is 2.52 bits per heavy atom. The molecule has 4 rings (SSSR count). The number of amides is 2. The standard InChI is InChI=1S/C21H24N4O2/c22-18-7-6-17(13-23-18)20(27)24-10-8-21(9-11-24)12-19(26)25(15-21)14-16-4-2-1-3-5-16/h1-7,13H,8-12,14-15H2,(H2,22,23). The summed E-state index contributed by atoms with van der Waals surface area (Å²) >= 11 is 0. The molecule has 140 valence electrons. The fourth-order valence-electron chi connectivity index (χ4n) is 4.16. The van der Waals surface area contributed by atoms with Gasteiger partial charge in [0.15, 0.2) is 0 Å². The van der Waals surface area contributed by atoms with Gasteiger partial charge in [0.05, 0.1) is 5.56 Å². The third-order valence-electron chi connectivity index (χ3n) is 5.77. The molecule has 0 aliphatic carbocycles. The predicted octanol–water partition coefficient (Wildman–Crippen LogP) is 2.32. The van der Waals surface area contributed by atoms with Crippen molar-refractivity contribution in [3.05, 3.63) is 59.8 Å². The number of likely N-dealkylation sites (tertiary alicyclic amines) is 2. The van der Waals surface area contributed by atoms with Crippen LogP contribution in [-0.4, -0.2) is 46.2 Å². The van der Waals surface area contributed by atoms with Gasteiger partial charge < -0.3 is 15.5 Å². The summed E-state index contributed by atoms with van der Waals surface area (Å²) in [4.78, 5) is 33.0. The van der Waals surface area contributed by atoms with Gasteiger partial charge in [-0.1, -0.05) is 30.3 Å². The van der Waals surface area contributed by atoms with E-state index in [0.717, 1.165) is 24.9 Å². The molecule has 0 saturated carbocycles. The van der Waals surface area contributed by atoms with Gasteiger partial charge in [-0.25, -0.2) is 4.98 Å². The molecule has 2 amide bonds. The van der Waals surface area contributed by atoms with E-state index in [1.165, 1.54) is 6.20 Å². The highest BCUT2D eigenvalue weighted by molar-refractivity contribution is 5.94. The second-order valence-electron chi connectivity index (χ2n) is 7.68. The van der Waals surface area contributed by atoms with E-state index in [2.05, 4.69) is 17.1 Å². The number of aromatic nitrogens is 1. The molecule has 2 saturated heterocycles. The van der Waals surface area contributed by atoms with Crippen molar-refractivity contribution in [3.63, 3.8) is 0 Å². The number of nitrogen functional groups attached to an aromatic ring is 1. The lowest BCUT2D eigenvalue weighted by Crippen LogP contribution is -2.44. The maximum atomic E-state index is 12.7. The van der Waals surface area contributed by atoms with Crippen LogP contribution in [0.15, 0.2) is 48.7 Å². The monoisotopic (exact) mass is 364 g/mol. The van der Waals surface area contributed by atoms with E-state index >= 15 is 0 Å². The minimum Gasteiger partial charge on any atom is -0.384 e. The predicted molar refractivity (Wildman–Crippen MR) is 103 cm³/mol. The van der Waals surface area contributed by atoms with Crippen LogP contribution in [0.3, 0.4) is 0 Å². The number of carbonyl (C=O) groups is 2. The molecule has 2 aliphatic rings. The number of anilines is 1. The topological polar surface area (TPSA) is 79.5 Å². The number of benzene rings is 1. The molecule has 1 aromatic carbocycles. The van der Waals surface area contributed by atoms with E-state index in [-0.39, 0.29) is 17.2 Å². The van der Waals surface area contributed by atoms with Gasteiger partial charge in [0.2, 0.25) is 5.91 Å². The van der Waals surface area contributed by atoms with Crippen molar-refractivity contribution in [2.45, 2.75) is 25.8 Å². The van der Waals surface area contributed by atoms with Gasteiger partial charge in [0.25, 0.3) is 5.91 Å². The Labute approximate surface area is 159 Å². The van der Waals surface area contributed by atoms with Crippen LogP contribution in [0, 0.1) is 5.41 Å². The first kappa shape index (κ1) is 17.5. The van der Waals surface area contributed by atoms with E-state index < -0.39 is 0 Å². The summed E-state index contributed by atoms with van der Waals surface area (Å²) in [6, 6.07) is 13.5. The summed E-state index contributed by atoms with van der Waals surface area (Å²) in [6.07, 6.45) is 3.84. The summed E-state index contributed by atoms with van der Waals surface area (Å²) in [6.45, 7) is 2.80. The largest absolute Gasteiger partial charge is 0.384 e. The highest BCUT2D eigenvalue weighted by Crippen LogP contribution is 2.41. The molecule has 2 N–H and O–H groups in total. The lowest BCUT2D eigenvalue weighted by Gasteiger charge is -2.38. The molecule has 0 unspecified atom stereocenters. The smallest absolute Gasteiger partial charge is 0.255 e. The van der Waals surface area contributed by atoms with Crippen molar-refractivity contribution in [3.8, 4) is 0 Å². The summed E-state index contributed by atoms with van der Waals surface area (Å²) in [5.41, 5.74) is 7.32. The Morgan fingerprint density at radius 2 is 1.85 bits per heavy atom. The molecule has 0 atom stereocenters. The van der Waals surface area contributed by atoms with Gasteiger partial charge in [-0.3, -0.25) is 9.59 Å². The van der Waals surface area contributed by atoms with Gasteiger partial charge in [0, 0.05) is 44.2 Å². The van der Waals surface area contributed by atoms with Crippen LogP contribution in [0.2, 0.25) is 0 Å². The van der Waals surface area contributed by atoms with Crippen LogP contribution in [-0.2, 0) is 11.3 Å². The fourth-order valence-corrected chi connectivity index (χ4v) is 4.16. The van der Waals surface area contributed by atoms with Gasteiger partial charge >= 0.3 is 0 Å². The zero-order valence-corrected chi connectivity index (χ0v) is 15.3. The highest BCUT2D eigenvalue weighted by atomic mass is 16.2. The number of carbonyl (C=O) groups excluding carboxylic acids is 2. The second-order valence-corrected chi connectivity index (χ2v) is 7.68. The molecular weight excluding hydrogens is 340 g/mol. The third-order valence-corrected chi connectivity index (χ3v) is 5.77. The van der Waals surface area contributed by atoms with Gasteiger partial charge in [-0.05, 0) is 30.5 Å². The molecule has 1 spiro atoms. The summed E-state index contributed by atoms with van der Waals surface area (Å²) < 4.78 is 0.